The first-order valence-corrected chi connectivity index (χ1v) is 8.26. The number of aliphatic hydroxyl groups is 1. The molecule has 2 aromatic rings. The molecule has 0 saturated heterocycles. The first-order chi connectivity index (χ1) is 10.6. The highest BCUT2D eigenvalue weighted by atomic mass is 32.2. The minimum atomic E-state index is -1.34. The number of thioether (sulfide) groups is 1. The number of benzene rings is 1. The highest BCUT2D eigenvalue weighted by molar-refractivity contribution is 8.00. The minimum Gasteiger partial charge on any atom is -0.481 e. The summed E-state index contributed by atoms with van der Waals surface area (Å²) in [4.78, 5) is 15.8. The zero-order chi connectivity index (χ0) is 15.3. The van der Waals surface area contributed by atoms with E-state index in [1.165, 1.54) is 11.8 Å². The number of nitrogens with zero attached hydrogens (tertiary/aromatic N) is 2. The fourth-order valence-electron chi connectivity index (χ4n) is 3.48. The lowest BCUT2D eigenvalue weighted by molar-refractivity contribution is -0.138. The SMILES string of the molecule is O=C(O)CC1Sc2nc3c(n2C1(O)c1ccccc1)CCC3. The molecule has 1 aromatic carbocycles. The molecule has 5 nitrogen and oxygen atoms in total. The summed E-state index contributed by atoms with van der Waals surface area (Å²) in [5, 5.41) is 21.0. The molecule has 0 fully saturated rings. The number of carboxylic acids is 1. The molecule has 2 aliphatic rings. The van der Waals surface area contributed by atoms with E-state index in [1.54, 1.807) is 0 Å². The fraction of sp³-hybridized carbons (Fsp3) is 0.375. The maximum atomic E-state index is 11.5. The number of aryl methyl sites for hydroxylation is 1. The molecular formula is C16H16N2O3S. The number of fused-ring (bicyclic) bond motifs is 3. The number of imidazole rings is 1. The van der Waals surface area contributed by atoms with Crippen LogP contribution in [0.3, 0.4) is 0 Å². The Balaban J connectivity index is 1.89. The maximum Gasteiger partial charge on any atom is 0.304 e. The molecule has 114 valence electrons. The van der Waals surface area contributed by atoms with Gasteiger partial charge in [-0.1, -0.05) is 42.1 Å². The summed E-state index contributed by atoms with van der Waals surface area (Å²) in [6, 6.07) is 9.33. The number of aromatic nitrogens is 2. The molecule has 1 aliphatic carbocycles. The molecule has 0 amide bonds. The Labute approximate surface area is 132 Å². The summed E-state index contributed by atoms with van der Waals surface area (Å²) >= 11 is 1.37. The molecule has 0 spiro atoms. The van der Waals surface area contributed by atoms with Crippen LogP contribution >= 0.6 is 11.8 Å². The van der Waals surface area contributed by atoms with Crippen molar-refractivity contribution in [2.45, 2.75) is 41.8 Å². The van der Waals surface area contributed by atoms with Crippen molar-refractivity contribution < 1.29 is 15.0 Å². The van der Waals surface area contributed by atoms with E-state index in [9.17, 15) is 15.0 Å². The van der Waals surface area contributed by atoms with Gasteiger partial charge < -0.3 is 10.2 Å². The average Bonchev–Trinajstić information content (AvgIpc) is 3.12. The van der Waals surface area contributed by atoms with Gasteiger partial charge in [0.2, 0.25) is 0 Å². The van der Waals surface area contributed by atoms with E-state index in [0.717, 1.165) is 41.4 Å². The zero-order valence-electron chi connectivity index (χ0n) is 11.9. The van der Waals surface area contributed by atoms with Gasteiger partial charge in [-0.2, -0.15) is 0 Å². The number of carboxylic acid groups (broad SMARTS) is 1. The van der Waals surface area contributed by atoms with Gasteiger partial charge in [-0.3, -0.25) is 9.36 Å². The van der Waals surface area contributed by atoms with E-state index >= 15 is 0 Å². The molecule has 22 heavy (non-hydrogen) atoms. The molecule has 6 heteroatoms. The largest absolute Gasteiger partial charge is 0.481 e. The first kappa shape index (κ1) is 13.8. The maximum absolute atomic E-state index is 11.5. The van der Waals surface area contributed by atoms with Crippen molar-refractivity contribution in [2.24, 2.45) is 0 Å². The number of hydrogen-bond donors (Lipinski definition) is 2. The van der Waals surface area contributed by atoms with Gasteiger partial charge in [-0.25, -0.2) is 4.98 Å². The van der Waals surface area contributed by atoms with Gasteiger partial charge >= 0.3 is 5.97 Å². The van der Waals surface area contributed by atoms with Gasteiger partial charge in [0.15, 0.2) is 10.9 Å². The van der Waals surface area contributed by atoms with Crippen LogP contribution < -0.4 is 0 Å². The summed E-state index contributed by atoms with van der Waals surface area (Å²) in [5.74, 6) is -0.908. The molecule has 2 heterocycles. The first-order valence-electron chi connectivity index (χ1n) is 7.38. The van der Waals surface area contributed by atoms with Crippen molar-refractivity contribution in [1.29, 1.82) is 0 Å². The van der Waals surface area contributed by atoms with Crippen LogP contribution in [0.2, 0.25) is 0 Å². The molecule has 0 radical (unpaired) electrons. The molecule has 2 N–H and O–H groups in total. The Bertz CT molecular complexity index is 743. The van der Waals surface area contributed by atoms with Crippen molar-refractivity contribution >= 4 is 17.7 Å². The van der Waals surface area contributed by atoms with Crippen LogP contribution in [0.15, 0.2) is 35.5 Å². The van der Waals surface area contributed by atoms with Gasteiger partial charge in [-0.05, 0) is 19.3 Å². The Morgan fingerprint density at radius 3 is 2.86 bits per heavy atom. The average molecular weight is 316 g/mol. The second-order valence-electron chi connectivity index (χ2n) is 5.77. The third-order valence-electron chi connectivity index (χ3n) is 4.45. The molecule has 4 rings (SSSR count). The van der Waals surface area contributed by atoms with Gasteiger partial charge in [0, 0.05) is 11.3 Å². The molecule has 0 saturated carbocycles. The third-order valence-corrected chi connectivity index (χ3v) is 5.71. The lowest BCUT2D eigenvalue weighted by Gasteiger charge is -2.32. The van der Waals surface area contributed by atoms with Gasteiger partial charge in [0.05, 0.1) is 17.4 Å². The second-order valence-corrected chi connectivity index (χ2v) is 6.94. The lowest BCUT2D eigenvalue weighted by Crippen LogP contribution is -2.42. The normalized spacial score (nSPS) is 26.0. The molecular weight excluding hydrogens is 300 g/mol. The number of rotatable bonds is 3. The summed E-state index contributed by atoms with van der Waals surface area (Å²) in [6.45, 7) is 0. The highest BCUT2D eigenvalue weighted by Crippen LogP contribution is 2.50. The monoisotopic (exact) mass is 316 g/mol. The van der Waals surface area contributed by atoms with E-state index in [-0.39, 0.29) is 6.42 Å². The minimum absolute atomic E-state index is 0.103. The van der Waals surface area contributed by atoms with E-state index in [4.69, 9.17) is 0 Å². The van der Waals surface area contributed by atoms with Crippen LogP contribution in [-0.2, 0) is 23.4 Å². The summed E-state index contributed by atoms with van der Waals surface area (Å²) in [6.07, 6.45) is 2.76. The van der Waals surface area contributed by atoms with E-state index < -0.39 is 16.9 Å². The number of hydrogen-bond acceptors (Lipinski definition) is 4. The van der Waals surface area contributed by atoms with Crippen LogP contribution in [0.1, 0.15) is 29.8 Å². The van der Waals surface area contributed by atoms with Gasteiger partial charge in [-0.15, -0.1) is 0 Å². The van der Waals surface area contributed by atoms with Crippen molar-refractivity contribution in [3.05, 3.63) is 47.3 Å². The van der Waals surface area contributed by atoms with Gasteiger partial charge in [0.1, 0.15) is 0 Å². The molecule has 2 atom stereocenters. The van der Waals surface area contributed by atoms with Crippen LogP contribution in [0.4, 0.5) is 0 Å². The van der Waals surface area contributed by atoms with Crippen LogP contribution in [0.25, 0.3) is 0 Å². The Morgan fingerprint density at radius 2 is 2.14 bits per heavy atom. The van der Waals surface area contributed by atoms with Crippen molar-refractivity contribution in [3.8, 4) is 0 Å². The summed E-state index contributed by atoms with van der Waals surface area (Å²) in [7, 11) is 0. The Hall–Kier alpha value is -1.79. The van der Waals surface area contributed by atoms with Crippen molar-refractivity contribution in [1.82, 2.24) is 9.55 Å². The Morgan fingerprint density at radius 1 is 1.36 bits per heavy atom. The quantitative estimate of drug-likeness (QED) is 0.906. The van der Waals surface area contributed by atoms with Crippen molar-refractivity contribution in [3.63, 3.8) is 0 Å². The predicted octanol–water partition coefficient (Wildman–Crippen LogP) is 2.01. The molecule has 1 aliphatic heterocycles. The molecule has 1 aromatic heterocycles. The summed E-state index contributed by atoms with van der Waals surface area (Å²) in [5.41, 5.74) is 1.48. The second kappa shape index (κ2) is 4.86. The lowest BCUT2D eigenvalue weighted by atomic mass is 9.96. The zero-order valence-corrected chi connectivity index (χ0v) is 12.7. The third kappa shape index (κ3) is 1.84. The molecule has 0 bridgehead atoms. The van der Waals surface area contributed by atoms with Gasteiger partial charge in [0.25, 0.3) is 0 Å². The Kier molecular flexibility index (Phi) is 3.06. The smallest absolute Gasteiger partial charge is 0.304 e. The topological polar surface area (TPSA) is 75.3 Å². The predicted molar refractivity (Wildman–Crippen MR) is 81.9 cm³/mol. The summed E-state index contributed by atoms with van der Waals surface area (Å²) < 4.78 is 1.88. The van der Waals surface area contributed by atoms with Crippen LogP contribution in [0.5, 0.6) is 0 Å². The number of carbonyl (C=O) groups is 1. The fourth-order valence-corrected chi connectivity index (χ4v) is 4.88. The van der Waals surface area contributed by atoms with E-state index in [0.29, 0.717) is 0 Å². The van der Waals surface area contributed by atoms with Crippen LogP contribution in [0, 0.1) is 0 Å². The van der Waals surface area contributed by atoms with Crippen molar-refractivity contribution in [2.75, 3.05) is 0 Å². The molecule has 2 unspecified atom stereocenters. The standard InChI is InChI=1S/C16H16N2O3S/c19-14(20)9-13-16(21,10-5-2-1-3-6-10)18-12-8-4-7-11(12)17-15(18)22-13/h1-3,5-6,13,21H,4,7-9H2,(H,19,20). The number of aliphatic carboxylic acids is 1. The van der Waals surface area contributed by atoms with Crippen LogP contribution in [-0.4, -0.2) is 31.0 Å². The van der Waals surface area contributed by atoms with E-state index in [2.05, 4.69) is 4.98 Å². The highest BCUT2D eigenvalue weighted by Gasteiger charge is 2.51. The van der Waals surface area contributed by atoms with E-state index in [1.807, 2.05) is 34.9 Å².